The fourth-order valence-electron chi connectivity index (χ4n) is 1.96. The first-order chi connectivity index (χ1) is 9.79. The van der Waals surface area contributed by atoms with Crippen molar-refractivity contribution in [2.24, 2.45) is 5.92 Å². The molecule has 2 amide bonds. The summed E-state index contributed by atoms with van der Waals surface area (Å²) < 4.78 is 26.1. The smallest absolute Gasteiger partial charge is 0.313 e. The van der Waals surface area contributed by atoms with Crippen LogP contribution in [0, 0.1) is 17.6 Å². The monoisotopic (exact) mass is 298 g/mol. The average molecular weight is 298 g/mol. The SMILES string of the molecule is C[C@@](O)(CNC(=O)C(=O)Nc1ccc(F)cc1F)C1CC1. The van der Waals surface area contributed by atoms with Crippen molar-refractivity contribution in [1.82, 2.24) is 5.32 Å². The zero-order chi connectivity index (χ0) is 15.6. The number of carbonyl (C=O) groups is 2. The number of anilines is 1. The van der Waals surface area contributed by atoms with E-state index in [2.05, 4.69) is 5.32 Å². The Bertz CT molecular complexity index is 571. The summed E-state index contributed by atoms with van der Waals surface area (Å²) in [4.78, 5) is 23.2. The van der Waals surface area contributed by atoms with Crippen LogP contribution in [0.4, 0.5) is 14.5 Å². The maximum Gasteiger partial charge on any atom is 0.313 e. The Hall–Kier alpha value is -2.02. The molecule has 0 bridgehead atoms. The minimum Gasteiger partial charge on any atom is -0.388 e. The summed E-state index contributed by atoms with van der Waals surface area (Å²) in [6.07, 6.45) is 1.77. The van der Waals surface area contributed by atoms with Gasteiger partial charge in [0.1, 0.15) is 11.6 Å². The van der Waals surface area contributed by atoms with E-state index in [9.17, 15) is 23.5 Å². The van der Waals surface area contributed by atoms with Crippen molar-refractivity contribution in [3.63, 3.8) is 0 Å². The predicted octanol–water partition coefficient (Wildman–Crippen LogP) is 1.18. The Balaban J connectivity index is 1.89. The Morgan fingerprint density at radius 3 is 2.57 bits per heavy atom. The van der Waals surface area contributed by atoms with Crippen LogP contribution in [0.1, 0.15) is 19.8 Å². The lowest BCUT2D eigenvalue weighted by Gasteiger charge is -2.22. The van der Waals surface area contributed by atoms with E-state index >= 15 is 0 Å². The third-order valence-electron chi connectivity index (χ3n) is 3.45. The fraction of sp³-hybridized carbons (Fsp3) is 0.429. The van der Waals surface area contributed by atoms with Gasteiger partial charge in [0.05, 0.1) is 11.3 Å². The van der Waals surface area contributed by atoms with Crippen LogP contribution in [0.3, 0.4) is 0 Å². The lowest BCUT2D eigenvalue weighted by atomic mass is 10.0. The van der Waals surface area contributed by atoms with Gasteiger partial charge < -0.3 is 15.7 Å². The summed E-state index contributed by atoms with van der Waals surface area (Å²) in [5, 5.41) is 14.3. The van der Waals surface area contributed by atoms with Crippen LogP contribution in [0.2, 0.25) is 0 Å². The normalized spacial score (nSPS) is 17.0. The van der Waals surface area contributed by atoms with Gasteiger partial charge in [0.15, 0.2) is 0 Å². The highest BCUT2D eigenvalue weighted by Gasteiger charge is 2.40. The number of benzene rings is 1. The molecule has 0 heterocycles. The maximum absolute atomic E-state index is 13.3. The van der Waals surface area contributed by atoms with Crippen molar-refractivity contribution in [2.45, 2.75) is 25.4 Å². The lowest BCUT2D eigenvalue weighted by Crippen LogP contribution is -2.45. The molecular formula is C14H16F2N2O3. The Morgan fingerprint density at radius 1 is 1.33 bits per heavy atom. The Morgan fingerprint density at radius 2 is 2.00 bits per heavy atom. The maximum atomic E-state index is 13.3. The van der Waals surface area contributed by atoms with Crippen molar-refractivity contribution in [3.05, 3.63) is 29.8 Å². The molecule has 114 valence electrons. The first-order valence-electron chi connectivity index (χ1n) is 6.56. The quantitative estimate of drug-likeness (QED) is 0.730. The van der Waals surface area contributed by atoms with E-state index < -0.39 is 29.0 Å². The second kappa shape index (κ2) is 5.77. The molecular weight excluding hydrogens is 282 g/mol. The first kappa shape index (κ1) is 15.4. The van der Waals surface area contributed by atoms with Crippen LogP contribution in [0.25, 0.3) is 0 Å². The molecule has 0 aromatic heterocycles. The van der Waals surface area contributed by atoms with Gasteiger partial charge in [-0.05, 0) is 37.8 Å². The van der Waals surface area contributed by atoms with E-state index in [0.29, 0.717) is 6.07 Å². The molecule has 1 saturated carbocycles. The van der Waals surface area contributed by atoms with Crippen molar-refractivity contribution in [1.29, 1.82) is 0 Å². The van der Waals surface area contributed by atoms with Crippen molar-refractivity contribution >= 4 is 17.5 Å². The van der Waals surface area contributed by atoms with Gasteiger partial charge in [-0.25, -0.2) is 8.78 Å². The van der Waals surface area contributed by atoms with Crippen LogP contribution in [-0.4, -0.2) is 29.1 Å². The van der Waals surface area contributed by atoms with Gasteiger partial charge >= 0.3 is 11.8 Å². The van der Waals surface area contributed by atoms with Crippen LogP contribution in [0.5, 0.6) is 0 Å². The first-order valence-corrected chi connectivity index (χ1v) is 6.56. The topological polar surface area (TPSA) is 78.4 Å². The van der Waals surface area contributed by atoms with Crippen LogP contribution < -0.4 is 10.6 Å². The number of hydrogen-bond donors (Lipinski definition) is 3. The van der Waals surface area contributed by atoms with E-state index in [4.69, 9.17) is 0 Å². The van der Waals surface area contributed by atoms with Crippen LogP contribution in [-0.2, 0) is 9.59 Å². The average Bonchev–Trinajstić information content (AvgIpc) is 3.24. The summed E-state index contributed by atoms with van der Waals surface area (Å²) >= 11 is 0. The predicted molar refractivity (Wildman–Crippen MR) is 71.3 cm³/mol. The van der Waals surface area contributed by atoms with Gasteiger partial charge in [-0.3, -0.25) is 9.59 Å². The summed E-state index contributed by atoms with van der Waals surface area (Å²) in [6, 6.07) is 2.59. The van der Waals surface area contributed by atoms with Crippen molar-refractivity contribution in [2.75, 3.05) is 11.9 Å². The van der Waals surface area contributed by atoms with Crippen LogP contribution in [0.15, 0.2) is 18.2 Å². The molecule has 1 fully saturated rings. The molecule has 5 nitrogen and oxygen atoms in total. The number of nitrogens with one attached hydrogen (secondary N) is 2. The summed E-state index contributed by atoms with van der Waals surface area (Å²) in [6.45, 7) is 1.53. The van der Waals surface area contributed by atoms with E-state index in [1.807, 2.05) is 5.32 Å². The van der Waals surface area contributed by atoms with Gasteiger partial charge in [0.2, 0.25) is 0 Å². The summed E-state index contributed by atoms with van der Waals surface area (Å²) in [5.74, 6) is -3.70. The molecule has 0 unspecified atom stereocenters. The highest BCUT2D eigenvalue weighted by molar-refractivity contribution is 6.39. The highest BCUT2D eigenvalue weighted by atomic mass is 19.1. The molecule has 1 aliphatic rings. The van der Waals surface area contributed by atoms with Crippen molar-refractivity contribution < 1.29 is 23.5 Å². The second-order valence-electron chi connectivity index (χ2n) is 5.39. The van der Waals surface area contributed by atoms with Gasteiger partial charge in [0.25, 0.3) is 0 Å². The minimum atomic E-state index is -1.08. The van der Waals surface area contributed by atoms with E-state index in [1.54, 1.807) is 6.92 Å². The molecule has 21 heavy (non-hydrogen) atoms. The second-order valence-corrected chi connectivity index (χ2v) is 5.39. The van der Waals surface area contributed by atoms with Gasteiger partial charge in [0, 0.05) is 12.6 Å². The minimum absolute atomic E-state index is 0.0597. The Kier molecular flexibility index (Phi) is 4.22. The molecule has 0 aliphatic heterocycles. The molecule has 1 atom stereocenters. The summed E-state index contributed by atoms with van der Waals surface area (Å²) in [5.41, 5.74) is -1.35. The molecule has 1 aromatic rings. The number of carbonyl (C=O) groups excluding carboxylic acids is 2. The molecule has 0 spiro atoms. The highest BCUT2D eigenvalue weighted by Crippen LogP contribution is 2.38. The number of rotatable bonds is 4. The van der Waals surface area contributed by atoms with Gasteiger partial charge in [-0.1, -0.05) is 0 Å². The van der Waals surface area contributed by atoms with E-state index in [-0.39, 0.29) is 18.2 Å². The summed E-state index contributed by atoms with van der Waals surface area (Å²) in [7, 11) is 0. The molecule has 0 saturated heterocycles. The molecule has 0 radical (unpaired) electrons. The molecule has 1 aromatic carbocycles. The zero-order valence-corrected chi connectivity index (χ0v) is 11.5. The lowest BCUT2D eigenvalue weighted by molar-refractivity contribution is -0.136. The van der Waals surface area contributed by atoms with E-state index in [0.717, 1.165) is 25.0 Å². The molecule has 1 aliphatic carbocycles. The number of hydrogen-bond acceptors (Lipinski definition) is 3. The Labute approximate surface area is 120 Å². The molecule has 7 heteroatoms. The van der Waals surface area contributed by atoms with Gasteiger partial charge in [-0.15, -0.1) is 0 Å². The number of amides is 2. The third kappa shape index (κ3) is 3.98. The largest absolute Gasteiger partial charge is 0.388 e. The van der Waals surface area contributed by atoms with Crippen molar-refractivity contribution in [3.8, 4) is 0 Å². The van der Waals surface area contributed by atoms with Gasteiger partial charge in [-0.2, -0.15) is 0 Å². The zero-order valence-electron chi connectivity index (χ0n) is 11.5. The van der Waals surface area contributed by atoms with E-state index in [1.165, 1.54) is 0 Å². The standard InChI is InChI=1S/C14H16F2N2O3/c1-14(21,8-2-3-8)7-17-12(19)13(20)18-11-5-4-9(15)6-10(11)16/h4-6,8,21H,2-3,7H2,1H3,(H,17,19)(H,18,20)/t14-/m1/s1. The number of aliphatic hydroxyl groups is 1. The molecule has 3 N–H and O–H groups in total. The molecule has 2 rings (SSSR count). The fourth-order valence-corrected chi connectivity index (χ4v) is 1.96. The van der Waals surface area contributed by atoms with Crippen LogP contribution >= 0.6 is 0 Å². The number of halogens is 2. The third-order valence-corrected chi connectivity index (χ3v) is 3.45.